The Morgan fingerprint density at radius 3 is 2.58 bits per heavy atom. The summed E-state index contributed by atoms with van der Waals surface area (Å²) >= 11 is 0. The number of methoxy groups -OCH3 is 1. The molecule has 2 N–H and O–H groups in total. The lowest BCUT2D eigenvalue weighted by Crippen LogP contribution is -2.38. The molecule has 19 heavy (non-hydrogen) atoms. The molecule has 1 amide bonds. The van der Waals surface area contributed by atoms with Gasteiger partial charge in [-0.25, -0.2) is 0 Å². The van der Waals surface area contributed by atoms with Crippen molar-refractivity contribution in [2.45, 2.75) is 39.3 Å². The van der Waals surface area contributed by atoms with Gasteiger partial charge in [0.05, 0.1) is 7.11 Å². The lowest BCUT2D eigenvalue weighted by atomic mass is 10.1. The number of carbonyl (C=O) groups is 1. The van der Waals surface area contributed by atoms with Crippen LogP contribution in [0.3, 0.4) is 0 Å². The van der Waals surface area contributed by atoms with Crippen molar-refractivity contribution >= 4 is 5.91 Å². The summed E-state index contributed by atoms with van der Waals surface area (Å²) in [6.07, 6.45) is 0.479. The molecule has 0 saturated carbocycles. The third-order valence-corrected chi connectivity index (χ3v) is 2.68. The molecule has 0 aliphatic rings. The van der Waals surface area contributed by atoms with Crippen LogP contribution in [-0.4, -0.2) is 25.1 Å². The topological polar surface area (TPSA) is 50.4 Å². The van der Waals surface area contributed by atoms with Crippen molar-refractivity contribution in [1.82, 2.24) is 10.6 Å². The van der Waals surface area contributed by atoms with Gasteiger partial charge in [-0.2, -0.15) is 0 Å². The van der Waals surface area contributed by atoms with Crippen LogP contribution in [0.5, 0.6) is 5.75 Å². The van der Waals surface area contributed by atoms with Crippen LogP contribution in [0.2, 0.25) is 0 Å². The average Bonchev–Trinajstić information content (AvgIpc) is 2.35. The molecule has 0 unspecified atom stereocenters. The van der Waals surface area contributed by atoms with Crippen LogP contribution in [0.1, 0.15) is 32.8 Å². The number of rotatable bonds is 6. The first kappa shape index (κ1) is 15.5. The number of hydrogen-bond acceptors (Lipinski definition) is 3. The average molecular weight is 264 g/mol. The van der Waals surface area contributed by atoms with Gasteiger partial charge in [-0.05, 0) is 26.8 Å². The van der Waals surface area contributed by atoms with Gasteiger partial charge in [0.1, 0.15) is 5.75 Å². The first-order valence-corrected chi connectivity index (χ1v) is 6.56. The molecule has 106 valence electrons. The van der Waals surface area contributed by atoms with Crippen LogP contribution in [0.25, 0.3) is 0 Å². The van der Waals surface area contributed by atoms with E-state index in [1.54, 1.807) is 7.11 Å². The highest BCUT2D eigenvalue weighted by Gasteiger charge is 2.10. The molecule has 1 aromatic rings. The Labute approximate surface area is 115 Å². The van der Waals surface area contributed by atoms with Crippen molar-refractivity contribution in [3.8, 4) is 5.75 Å². The summed E-state index contributed by atoms with van der Waals surface area (Å²) in [6, 6.07) is 7.69. The van der Waals surface area contributed by atoms with Crippen LogP contribution in [0.4, 0.5) is 0 Å². The van der Waals surface area contributed by atoms with Gasteiger partial charge >= 0.3 is 0 Å². The molecule has 1 rings (SSSR count). The third kappa shape index (κ3) is 6.25. The molecular weight excluding hydrogens is 240 g/mol. The zero-order valence-corrected chi connectivity index (χ0v) is 12.2. The molecule has 0 atom stereocenters. The number of para-hydroxylation sites is 1. The number of ether oxygens (including phenoxy) is 1. The Morgan fingerprint density at radius 2 is 1.95 bits per heavy atom. The number of hydrogen-bond donors (Lipinski definition) is 2. The second kappa shape index (κ2) is 7.14. The summed E-state index contributed by atoms with van der Waals surface area (Å²) in [5, 5.41) is 6.19. The van der Waals surface area contributed by atoms with Crippen LogP contribution in [0.15, 0.2) is 24.3 Å². The maximum atomic E-state index is 11.7. The van der Waals surface area contributed by atoms with E-state index in [1.165, 1.54) is 0 Å². The fourth-order valence-corrected chi connectivity index (χ4v) is 1.68. The van der Waals surface area contributed by atoms with Crippen LogP contribution in [-0.2, 0) is 11.3 Å². The predicted molar refractivity (Wildman–Crippen MR) is 77.2 cm³/mol. The molecule has 4 heteroatoms. The standard InChI is InChI=1S/C15H24N2O2/c1-15(2,3)17-10-9-14(18)16-11-12-7-5-6-8-13(12)19-4/h5-8,17H,9-11H2,1-4H3,(H,16,18). The Balaban J connectivity index is 2.34. The summed E-state index contributed by atoms with van der Waals surface area (Å²) in [5.41, 5.74) is 1.03. The molecule has 0 fully saturated rings. The molecule has 0 bridgehead atoms. The van der Waals surface area contributed by atoms with E-state index in [0.717, 1.165) is 11.3 Å². The van der Waals surface area contributed by atoms with Crippen molar-refractivity contribution in [3.63, 3.8) is 0 Å². The summed E-state index contributed by atoms with van der Waals surface area (Å²) in [5.74, 6) is 0.846. The highest BCUT2D eigenvalue weighted by atomic mass is 16.5. The van der Waals surface area contributed by atoms with E-state index in [4.69, 9.17) is 4.74 Å². The molecule has 0 radical (unpaired) electrons. The van der Waals surface area contributed by atoms with E-state index >= 15 is 0 Å². The maximum absolute atomic E-state index is 11.7. The van der Waals surface area contributed by atoms with E-state index in [-0.39, 0.29) is 11.4 Å². The molecule has 4 nitrogen and oxygen atoms in total. The predicted octanol–water partition coefficient (Wildman–Crippen LogP) is 2.09. The largest absolute Gasteiger partial charge is 0.496 e. The fourth-order valence-electron chi connectivity index (χ4n) is 1.68. The van der Waals surface area contributed by atoms with Crippen molar-refractivity contribution in [1.29, 1.82) is 0 Å². The van der Waals surface area contributed by atoms with E-state index in [0.29, 0.717) is 19.5 Å². The van der Waals surface area contributed by atoms with Gasteiger partial charge in [-0.15, -0.1) is 0 Å². The second-order valence-electron chi connectivity index (χ2n) is 5.52. The first-order valence-electron chi connectivity index (χ1n) is 6.56. The normalized spacial score (nSPS) is 11.2. The van der Waals surface area contributed by atoms with Crippen LogP contribution >= 0.6 is 0 Å². The van der Waals surface area contributed by atoms with Crippen molar-refractivity contribution in [2.24, 2.45) is 0 Å². The Bertz CT molecular complexity index is 411. The number of nitrogens with one attached hydrogen (secondary N) is 2. The third-order valence-electron chi connectivity index (χ3n) is 2.68. The summed E-state index contributed by atoms with van der Waals surface area (Å²) in [4.78, 5) is 11.7. The van der Waals surface area contributed by atoms with E-state index < -0.39 is 0 Å². The highest BCUT2D eigenvalue weighted by molar-refractivity contribution is 5.76. The maximum Gasteiger partial charge on any atom is 0.221 e. The Kier molecular flexibility index (Phi) is 5.83. The van der Waals surface area contributed by atoms with Gasteiger partial charge in [-0.1, -0.05) is 18.2 Å². The monoisotopic (exact) mass is 264 g/mol. The molecule has 0 aliphatic carbocycles. The molecule has 0 aromatic heterocycles. The van der Waals surface area contributed by atoms with Gasteiger partial charge in [0.15, 0.2) is 0 Å². The smallest absolute Gasteiger partial charge is 0.221 e. The molecule has 1 aromatic carbocycles. The molecule has 0 saturated heterocycles. The quantitative estimate of drug-likeness (QED) is 0.827. The summed E-state index contributed by atoms with van der Waals surface area (Å²) in [7, 11) is 1.63. The zero-order chi connectivity index (χ0) is 14.3. The highest BCUT2D eigenvalue weighted by Crippen LogP contribution is 2.16. The van der Waals surface area contributed by atoms with Crippen LogP contribution < -0.4 is 15.4 Å². The number of benzene rings is 1. The van der Waals surface area contributed by atoms with E-state index in [1.807, 2.05) is 24.3 Å². The van der Waals surface area contributed by atoms with Gasteiger partial charge in [0.2, 0.25) is 5.91 Å². The van der Waals surface area contributed by atoms with Crippen molar-refractivity contribution in [2.75, 3.05) is 13.7 Å². The SMILES string of the molecule is COc1ccccc1CNC(=O)CCNC(C)(C)C. The zero-order valence-electron chi connectivity index (χ0n) is 12.2. The minimum Gasteiger partial charge on any atom is -0.496 e. The molecule has 0 heterocycles. The lowest BCUT2D eigenvalue weighted by Gasteiger charge is -2.20. The van der Waals surface area contributed by atoms with E-state index in [9.17, 15) is 4.79 Å². The fraction of sp³-hybridized carbons (Fsp3) is 0.533. The summed E-state index contributed by atoms with van der Waals surface area (Å²) < 4.78 is 5.24. The lowest BCUT2D eigenvalue weighted by molar-refractivity contribution is -0.121. The van der Waals surface area contributed by atoms with Gasteiger partial charge < -0.3 is 15.4 Å². The number of carbonyl (C=O) groups excluding carboxylic acids is 1. The molecular formula is C15H24N2O2. The van der Waals surface area contributed by atoms with Gasteiger partial charge in [0, 0.05) is 30.6 Å². The van der Waals surface area contributed by atoms with Gasteiger partial charge in [0.25, 0.3) is 0 Å². The Hall–Kier alpha value is -1.55. The molecule has 0 aliphatic heterocycles. The minimum atomic E-state index is 0.0441. The van der Waals surface area contributed by atoms with Gasteiger partial charge in [-0.3, -0.25) is 4.79 Å². The van der Waals surface area contributed by atoms with Crippen molar-refractivity contribution in [3.05, 3.63) is 29.8 Å². The Morgan fingerprint density at radius 1 is 1.26 bits per heavy atom. The summed E-state index contributed by atoms with van der Waals surface area (Å²) in [6.45, 7) is 7.43. The minimum absolute atomic E-state index is 0.0441. The van der Waals surface area contributed by atoms with Crippen molar-refractivity contribution < 1.29 is 9.53 Å². The van der Waals surface area contributed by atoms with Crippen LogP contribution in [0, 0.1) is 0 Å². The molecule has 0 spiro atoms. The second-order valence-corrected chi connectivity index (χ2v) is 5.52. The van der Waals surface area contributed by atoms with E-state index in [2.05, 4.69) is 31.4 Å². The first-order chi connectivity index (χ1) is 8.92. The number of amides is 1.